The Kier molecular flexibility index (Phi) is 6.69. The monoisotopic (exact) mass is 439 g/mol. The highest BCUT2D eigenvalue weighted by Crippen LogP contribution is 2.20. The Hall–Kier alpha value is -3.40. The third-order valence-electron chi connectivity index (χ3n) is 5.45. The Morgan fingerprint density at radius 1 is 1.28 bits per heavy atom. The molecular formula is C22H26FN7O2. The van der Waals surface area contributed by atoms with Gasteiger partial charge in [-0.25, -0.2) is 9.37 Å². The first-order valence-corrected chi connectivity index (χ1v) is 10.6. The summed E-state index contributed by atoms with van der Waals surface area (Å²) in [6.07, 6.45) is 2.19. The number of hydrogen-bond donors (Lipinski definition) is 2. The third kappa shape index (κ3) is 5.25. The summed E-state index contributed by atoms with van der Waals surface area (Å²) in [5.74, 6) is 0.325. The Labute approximate surface area is 185 Å². The van der Waals surface area contributed by atoms with Crippen molar-refractivity contribution in [2.45, 2.75) is 32.9 Å². The van der Waals surface area contributed by atoms with Crippen molar-refractivity contribution < 1.29 is 13.9 Å². The molecule has 1 aromatic carbocycles. The van der Waals surface area contributed by atoms with E-state index in [1.54, 1.807) is 23.0 Å². The summed E-state index contributed by atoms with van der Waals surface area (Å²) in [7, 11) is 1.40. The van der Waals surface area contributed by atoms with Crippen LogP contribution in [-0.4, -0.2) is 51.3 Å². The van der Waals surface area contributed by atoms with Crippen LogP contribution in [-0.2, 0) is 13.1 Å². The van der Waals surface area contributed by atoms with E-state index >= 15 is 0 Å². The van der Waals surface area contributed by atoms with Crippen LogP contribution in [0.15, 0.2) is 30.3 Å². The largest absolute Gasteiger partial charge is 0.494 e. The molecular weight excluding hydrogens is 413 g/mol. The first-order chi connectivity index (χ1) is 15.5. The number of carbonyl (C=O) groups is 1. The molecule has 0 saturated carbocycles. The summed E-state index contributed by atoms with van der Waals surface area (Å²) in [6.45, 7) is 4.78. The number of aromatic nitrogens is 5. The van der Waals surface area contributed by atoms with E-state index in [0.29, 0.717) is 28.6 Å². The van der Waals surface area contributed by atoms with E-state index in [2.05, 4.69) is 31.0 Å². The van der Waals surface area contributed by atoms with Crippen LogP contribution in [0.4, 0.5) is 4.39 Å². The fourth-order valence-corrected chi connectivity index (χ4v) is 3.73. The molecule has 3 heterocycles. The summed E-state index contributed by atoms with van der Waals surface area (Å²) in [4.78, 5) is 18.7. The summed E-state index contributed by atoms with van der Waals surface area (Å²) >= 11 is 0. The standard InChI is InChI=1S/C22H26FN7O2/c1-14-9-17(21-27-29-30(28-21)13-15-5-7-24-8-6-15)11-19(26-14)22(31)25-12-16-3-4-18(23)20(10-16)32-2/h3-4,9-11,15,24H,5-8,12-13H2,1-2H3,(H,25,31). The molecule has 0 aliphatic carbocycles. The number of nitrogens with zero attached hydrogens (tertiary/aromatic N) is 5. The van der Waals surface area contributed by atoms with Gasteiger partial charge in [0.25, 0.3) is 5.91 Å². The van der Waals surface area contributed by atoms with E-state index in [-0.39, 0.29) is 23.9 Å². The number of aryl methyl sites for hydroxylation is 1. The predicted octanol–water partition coefficient (Wildman–Crippen LogP) is 2.12. The number of amides is 1. The molecule has 3 aromatic rings. The molecule has 168 valence electrons. The van der Waals surface area contributed by atoms with Gasteiger partial charge >= 0.3 is 0 Å². The molecule has 0 unspecified atom stereocenters. The van der Waals surface area contributed by atoms with Crippen LogP contribution in [0.2, 0.25) is 0 Å². The number of methoxy groups -OCH3 is 1. The molecule has 2 N–H and O–H groups in total. The van der Waals surface area contributed by atoms with Crippen molar-refractivity contribution in [3.05, 3.63) is 53.1 Å². The van der Waals surface area contributed by atoms with Gasteiger partial charge in [-0.1, -0.05) is 6.07 Å². The number of halogens is 1. The molecule has 2 aromatic heterocycles. The lowest BCUT2D eigenvalue weighted by Crippen LogP contribution is -2.30. The van der Waals surface area contributed by atoms with Crippen LogP contribution >= 0.6 is 0 Å². The molecule has 1 amide bonds. The second kappa shape index (κ2) is 9.82. The first-order valence-electron chi connectivity index (χ1n) is 10.6. The normalized spacial score (nSPS) is 14.3. The molecule has 0 radical (unpaired) electrons. The van der Waals surface area contributed by atoms with Gasteiger partial charge in [0.2, 0.25) is 5.82 Å². The predicted molar refractivity (Wildman–Crippen MR) is 116 cm³/mol. The van der Waals surface area contributed by atoms with Crippen LogP contribution in [0.1, 0.15) is 34.6 Å². The van der Waals surface area contributed by atoms with Crippen LogP contribution in [0, 0.1) is 18.7 Å². The van der Waals surface area contributed by atoms with E-state index in [1.165, 1.54) is 13.2 Å². The molecule has 4 rings (SSSR count). The number of rotatable bonds is 7. The van der Waals surface area contributed by atoms with E-state index in [9.17, 15) is 9.18 Å². The maximum absolute atomic E-state index is 13.6. The van der Waals surface area contributed by atoms with Gasteiger partial charge in [-0.05, 0) is 73.8 Å². The molecule has 1 fully saturated rings. The Bertz CT molecular complexity index is 1100. The molecule has 32 heavy (non-hydrogen) atoms. The molecule has 10 heteroatoms. The summed E-state index contributed by atoms with van der Waals surface area (Å²) in [5, 5.41) is 19.0. The summed E-state index contributed by atoms with van der Waals surface area (Å²) in [6, 6.07) is 7.93. The highest BCUT2D eigenvalue weighted by molar-refractivity contribution is 5.93. The number of benzene rings is 1. The van der Waals surface area contributed by atoms with E-state index < -0.39 is 5.82 Å². The molecule has 1 saturated heterocycles. The van der Waals surface area contributed by atoms with E-state index in [1.807, 2.05) is 13.0 Å². The van der Waals surface area contributed by atoms with Gasteiger partial charge in [-0.2, -0.15) is 4.80 Å². The van der Waals surface area contributed by atoms with Gasteiger partial charge in [0.15, 0.2) is 11.6 Å². The van der Waals surface area contributed by atoms with Crippen molar-refractivity contribution in [3.63, 3.8) is 0 Å². The zero-order chi connectivity index (χ0) is 22.5. The minimum atomic E-state index is -0.451. The summed E-state index contributed by atoms with van der Waals surface area (Å²) < 4.78 is 18.6. The average Bonchev–Trinajstić information content (AvgIpc) is 3.27. The van der Waals surface area contributed by atoms with E-state index in [4.69, 9.17) is 4.74 Å². The summed E-state index contributed by atoms with van der Waals surface area (Å²) in [5.41, 5.74) is 2.32. The van der Waals surface area contributed by atoms with Crippen molar-refractivity contribution in [2.75, 3.05) is 20.2 Å². The van der Waals surface area contributed by atoms with Gasteiger partial charge in [0.1, 0.15) is 5.69 Å². The fourth-order valence-electron chi connectivity index (χ4n) is 3.73. The molecule has 0 atom stereocenters. The first kappa shape index (κ1) is 21.8. The van der Waals surface area contributed by atoms with Crippen molar-refractivity contribution in [2.24, 2.45) is 5.92 Å². The van der Waals surface area contributed by atoms with Gasteiger partial charge < -0.3 is 15.4 Å². The van der Waals surface area contributed by atoms with Gasteiger partial charge in [0.05, 0.1) is 13.7 Å². The van der Waals surface area contributed by atoms with Crippen molar-refractivity contribution in [3.8, 4) is 17.1 Å². The van der Waals surface area contributed by atoms with Crippen molar-refractivity contribution in [1.82, 2.24) is 35.8 Å². The Morgan fingerprint density at radius 3 is 2.88 bits per heavy atom. The minimum absolute atomic E-state index is 0.131. The highest BCUT2D eigenvalue weighted by atomic mass is 19.1. The number of hydrogen-bond acceptors (Lipinski definition) is 7. The number of pyridine rings is 1. The second-order valence-corrected chi connectivity index (χ2v) is 7.90. The highest BCUT2D eigenvalue weighted by Gasteiger charge is 2.17. The zero-order valence-corrected chi connectivity index (χ0v) is 18.1. The quantitative estimate of drug-likeness (QED) is 0.581. The SMILES string of the molecule is COc1cc(CNC(=O)c2cc(-c3nnn(CC4CCNCC4)n3)cc(C)n2)ccc1F. The van der Waals surface area contributed by atoms with Gasteiger partial charge in [0, 0.05) is 17.8 Å². The average molecular weight is 439 g/mol. The molecule has 0 spiro atoms. The number of ether oxygens (including phenoxy) is 1. The molecule has 1 aliphatic heterocycles. The van der Waals surface area contributed by atoms with Crippen LogP contribution in [0.3, 0.4) is 0 Å². The lowest BCUT2D eigenvalue weighted by Gasteiger charge is -2.21. The van der Waals surface area contributed by atoms with Crippen LogP contribution in [0.25, 0.3) is 11.4 Å². The number of tetrazole rings is 1. The topological polar surface area (TPSA) is 107 Å². The lowest BCUT2D eigenvalue weighted by atomic mass is 9.99. The number of nitrogens with one attached hydrogen (secondary N) is 2. The van der Waals surface area contributed by atoms with Gasteiger partial charge in [-0.15, -0.1) is 10.2 Å². The van der Waals surface area contributed by atoms with E-state index in [0.717, 1.165) is 32.5 Å². The third-order valence-corrected chi connectivity index (χ3v) is 5.45. The lowest BCUT2D eigenvalue weighted by molar-refractivity contribution is 0.0945. The molecule has 0 bridgehead atoms. The number of piperidine rings is 1. The Morgan fingerprint density at radius 2 is 2.09 bits per heavy atom. The Balaban J connectivity index is 1.44. The molecule has 1 aliphatic rings. The van der Waals surface area contributed by atoms with Crippen molar-refractivity contribution in [1.29, 1.82) is 0 Å². The molecule has 9 nitrogen and oxygen atoms in total. The fraction of sp³-hybridized carbons (Fsp3) is 0.409. The van der Waals surface area contributed by atoms with Crippen molar-refractivity contribution >= 4 is 5.91 Å². The number of carbonyl (C=O) groups excluding carboxylic acids is 1. The zero-order valence-electron chi connectivity index (χ0n) is 18.1. The second-order valence-electron chi connectivity index (χ2n) is 7.90. The smallest absolute Gasteiger partial charge is 0.270 e. The van der Waals surface area contributed by atoms with Crippen LogP contribution in [0.5, 0.6) is 5.75 Å². The minimum Gasteiger partial charge on any atom is -0.494 e. The maximum atomic E-state index is 13.6. The van der Waals surface area contributed by atoms with Gasteiger partial charge in [-0.3, -0.25) is 4.79 Å². The van der Waals surface area contributed by atoms with Crippen LogP contribution < -0.4 is 15.4 Å². The maximum Gasteiger partial charge on any atom is 0.270 e.